The third-order valence-corrected chi connectivity index (χ3v) is 3.52. The topological polar surface area (TPSA) is 32.3 Å². The van der Waals surface area contributed by atoms with Crippen LogP contribution in [0.4, 0.5) is 0 Å². The molecule has 0 saturated carbocycles. The molecule has 112 valence electrons. The molecule has 0 fully saturated rings. The van der Waals surface area contributed by atoms with Crippen LogP contribution in [0.3, 0.4) is 0 Å². The fraction of sp³-hybridized carbons (Fsp3) is 0.562. The number of rotatable bonds is 6. The van der Waals surface area contributed by atoms with Crippen LogP contribution in [0.2, 0.25) is 5.02 Å². The fourth-order valence-corrected chi connectivity index (χ4v) is 2.37. The van der Waals surface area contributed by atoms with E-state index in [2.05, 4.69) is 19.2 Å². The van der Waals surface area contributed by atoms with Gasteiger partial charge in [0, 0.05) is 25.7 Å². The second kappa shape index (κ2) is 7.65. The van der Waals surface area contributed by atoms with Crippen LogP contribution in [0.15, 0.2) is 18.2 Å². The first-order valence-electron chi connectivity index (χ1n) is 7.00. The third-order valence-electron chi connectivity index (χ3n) is 3.29. The lowest BCUT2D eigenvalue weighted by molar-refractivity contribution is -0.131. The van der Waals surface area contributed by atoms with Crippen molar-refractivity contribution >= 4 is 17.5 Å². The molecule has 0 aliphatic heterocycles. The highest BCUT2D eigenvalue weighted by Gasteiger charge is 2.20. The maximum absolute atomic E-state index is 12.2. The Labute approximate surface area is 127 Å². The predicted molar refractivity (Wildman–Crippen MR) is 85.0 cm³/mol. The zero-order valence-electron chi connectivity index (χ0n) is 13.0. The van der Waals surface area contributed by atoms with E-state index in [4.69, 9.17) is 11.6 Å². The van der Waals surface area contributed by atoms with Gasteiger partial charge in [0.25, 0.3) is 0 Å². The van der Waals surface area contributed by atoms with Crippen LogP contribution < -0.4 is 5.32 Å². The van der Waals surface area contributed by atoms with Gasteiger partial charge in [0.05, 0.1) is 6.04 Å². The van der Waals surface area contributed by atoms with Gasteiger partial charge in [-0.2, -0.15) is 0 Å². The van der Waals surface area contributed by atoms with E-state index >= 15 is 0 Å². The first-order valence-corrected chi connectivity index (χ1v) is 7.38. The quantitative estimate of drug-likeness (QED) is 0.874. The van der Waals surface area contributed by atoms with Crippen molar-refractivity contribution in [3.05, 3.63) is 34.3 Å². The molecule has 1 atom stereocenters. The molecule has 0 aromatic heterocycles. The molecular formula is C16H25ClN2O. The van der Waals surface area contributed by atoms with E-state index in [1.165, 1.54) is 5.56 Å². The Kier molecular flexibility index (Phi) is 6.50. The van der Waals surface area contributed by atoms with Crippen LogP contribution >= 0.6 is 11.6 Å². The van der Waals surface area contributed by atoms with Crippen LogP contribution in [0.5, 0.6) is 0 Å². The van der Waals surface area contributed by atoms with Gasteiger partial charge in [-0.15, -0.1) is 0 Å². The lowest BCUT2D eigenvalue weighted by Crippen LogP contribution is -2.44. The SMILES string of the molecule is Cc1cc(Cl)ccc1CNC(CC(C)C)C(=O)N(C)C. The summed E-state index contributed by atoms with van der Waals surface area (Å²) in [6.07, 6.45) is 0.837. The van der Waals surface area contributed by atoms with Crippen molar-refractivity contribution in [2.75, 3.05) is 14.1 Å². The summed E-state index contributed by atoms with van der Waals surface area (Å²) in [7, 11) is 3.59. The number of nitrogens with one attached hydrogen (secondary N) is 1. The molecule has 0 heterocycles. The number of carbonyl (C=O) groups excluding carboxylic acids is 1. The summed E-state index contributed by atoms with van der Waals surface area (Å²) in [5.74, 6) is 0.605. The summed E-state index contributed by atoms with van der Waals surface area (Å²) < 4.78 is 0. The first kappa shape index (κ1) is 17.0. The van der Waals surface area contributed by atoms with Crippen molar-refractivity contribution in [3.63, 3.8) is 0 Å². The molecule has 0 spiro atoms. The van der Waals surface area contributed by atoms with Crippen molar-refractivity contribution < 1.29 is 4.79 Å². The molecule has 20 heavy (non-hydrogen) atoms. The molecule has 4 heteroatoms. The monoisotopic (exact) mass is 296 g/mol. The molecule has 0 aliphatic rings. The highest BCUT2D eigenvalue weighted by molar-refractivity contribution is 6.30. The highest BCUT2D eigenvalue weighted by atomic mass is 35.5. The summed E-state index contributed by atoms with van der Waals surface area (Å²) >= 11 is 5.96. The van der Waals surface area contributed by atoms with Crippen LogP contribution in [-0.4, -0.2) is 30.9 Å². The molecule has 1 amide bonds. The van der Waals surface area contributed by atoms with Gasteiger partial charge < -0.3 is 10.2 Å². The Morgan fingerprint density at radius 2 is 2.00 bits per heavy atom. The van der Waals surface area contributed by atoms with Crippen LogP contribution in [0.1, 0.15) is 31.4 Å². The Morgan fingerprint density at radius 3 is 2.50 bits per heavy atom. The number of halogens is 1. The standard InChI is InChI=1S/C16H25ClN2O/c1-11(2)8-15(16(20)19(4)5)18-10-13-6-7-14(17)9-12(13)3/h6-7,9,11,15,18H,8,10H2,1-5H3. The van der Waals surface area contributed by atoms with E-state index in [-0.39, 0.29) is 11.9 Å². The van der Waals surface area contributed by atoms with E-state index in [0.29, 0.717) is 12.5 Å². The van der Waals surface area contributed by atoms with Crippen molar-refractivity contribution in [3.8, 4) is 0 Å². The molecule has 1 rings (SSSR count). The van der Waals surface area contributed by atoms with Crippen molar-refractivity contribution in [2.45, 2.75) is 39.8 Å². The smallest absolute Gasteiger partial charge is 0.239 e. The summed E-state index contributed by atoms with van der Waals surface area (Å²) in [6, 6.07) is 5.71. The molecule has 3 nitrogen and oxygen atoms in total. The van der Waals surface area contributed by atoms with E-state index in [1.54, 1.807) is 19.0 Å². The van der Waals surface area contributed by atoms with Gasteiger partial charge in [0.1, 0.15) is 0 Å². The Bertz CT molecular complexity index is 458. The van der Waals surface area contributed by atoms with Crippen molar-refractivity contribution in [2.24, 2.45) is 5.92 Å². The molecular weight excluding hydrogens is 272 g/mol. The maximum atomic E-state index is 12.2. The molecule has 0 radical (unpaired) electrons. The van der Waals surface area contributed by atoms with Crippen LogP contribution in [0.25, 0.3) is 0 Å². The van der Waals surface area contributed by atoms with E-state index in [9.17, 15) is 4.79 Å². The lowest BCUT2D eigenvalue weighted by Gasteiger charge is -2.23. The van der Waals surface area contributed by atoms with Gasteiger partial charge in [-0.05, 0) is 42.5 Å². The van der Waals surface area contributed by atoms with Gasteiger partial charge in [-0.1, -0.05) is 31.5 Å². The number of hydrogen-bond acceptors (Lipinski definition) is 2. The summed E-state index contributed by atoms with van der Waals surface area (Å²) in [5, 5.41) is 4.12. The average molecular weight is 297 g/mol. The molecule has 0 aliphatic carbocycles. The Hall–Kier alpha value is -1.06. The minimum absolute atomic E-state index is 0.130. The number of amides is 1. The Balaban J connectivity index is 2.72. The van der Waals surface area contributed by atoms with Crippen LogP contribution in [0, 0.1) is 12.8 Å². The van der Waals surface area contributed by atoms with Crippen LogP contribution in [-0.2, 0) is 11.3 Å². The number of nitrogens with zero attached hydrogens (tertiary/aromatic N) is 1. The number of carbonyl (C=O) groups is 1. The molecule has 1 N–H and O–H groups in total. The summed E-state index contributed by atoms with van der Waals surface area (Å²) in [4.78, 5) is 13.8. The van der Waals surface area contributed by atoms with E-state index in [1.807, 2.05) is 25.1 Å². The normalized spacial score (nSPS) is 12.6. The Morgan fingerprint density at radius 1 is 1.35 bits per heavy atom. The minimum Gasteiger partial charge on any atom is -0.347 e. The predicted octanol–water partition coefficient (Wildman–Crippen LogP) is 3.24. The number of likely N-dealkylation sites (N-methyl/N-ethyl adjacent to an activating group) is 1. The highest BCUT2D eigenvalue weighted by Crippen LogP contribution is 2.16. The van der Waals surface area contributed by atoms with E-state index < -0.39 is 0 Å². The molecule has 0 bridgehead atoms. The second-order valence-corrected chi connectivity index (χ2v) is 6.30. The van der Waals surface area contributed by atoms with Gasteiger partial charge in [0.15, 0.2) is 0 Å². The third kappa shape index (κ3) is 5.14. The summed E-state index contributed by atoms with van der Waals surface area (Å²) in [6.45, 7) is 6.98. The second-order valence-electron chi connectivity index (χ2n) is 5.87. The maximum Gasteiger partial charge on any atom is 0.239 e. The first-order chi connectivity index (χ1) is 9.31. The largest absolute Gasteiger partial charge is 0.347 e. The van der Waals surface area contributed by atoms with Gasteiger partial charge >= 0.3 is 0 Å². The lowest BCUT2D eigenvalue weighted by atomic mass is 10.0. The molecule has 0 saturated heterocycles. The molecule has 1 aromatic rings. The van der Waals surface area contributed by atoms with Gasteiger partial charge in [-0.25, -0.2) is 0 Å². The summed E-state index contributed by atoms with van der Waals surface area (Å²) in [5.41, 5.74) is 2.32. The average Bonchev–Trinajstić information content (AvgIpc) is 2.34. The minimum atomic E-state index is -0.139. The zero-order chi connectivity index (χ0) is 15.3. The van der Waals surface area contributed by atoms with Gasteiger partial charge in [-0.3, -0.25) is 4.79 Å². The van der Waals surface area contributed by atoms with Gasteiger partial charge in [0.2, 0.25) is 5.91 Å². The number of hydrogen-bond donors (Lipinski definition) is 1. The number of aryl methyl sites for hydroxylation is 1. The van der Waals surface area contributed by atoms with Crippen molar-refractivity contribution in [1.82, 2.24) is 10.2 Å². The zero-order valence-corrected chi connectivity index (χ0v) is 13.8. The number of benzene rings is 1. The fourth-order valence-electron chi connectivity index (χ4n) is 2.15. The van der Waals surface area contributed by atoms with E-state index in [0.717, 1.165) is 17.0 Å². The molecule has 1 unspecified atom stereocenters. The van der Waals surface area contributed by atoms with Crippen molar-refractivity contribution in [1.29, 1.82) is 0 Å². The molecule has 1 aromatic carbocycles.